The molecule has 2 rings (SSSR count). The van der Waals surface area contributed by atoms with Crippen LogP contribution in [0.2, 0.25) is 0 Å². The topological polar surface area (TPSA) is 82.2 Å². The minimum Gasteiger partial charge on any atom is -0.378 e. The van der Waals surface area contributed by atoms with Crippen LogP contribution in [0.1, 0.15) is 12.0 Å². The summed E-state index contributed by atoms with van der Waals surface area (Å²) in [4.78, 5) is 17.9. The van der Waals surface area contributed by atoms with Gasteiger partial charge in [0.2, 0.25) is 0 Å². The summed E-state index contributed by atoms with van der Waals surface area (Å²) in [6.07, 6.45) is 10.3. The second-order valence-corrected chi connectivity index (χ2v) is 7.10. The van der Waals surface area contributed by atoms with Crippen LogP contribution in [-0.4, -0.2) is 90.8 Å². The largest absolute Gasteiger partial charge is 0.378 e. The lowest BCUT2D eigenvalue weighted by Crippen LogP contribution is -2.58. The molecule has 166 valence electrons. The molecule has 0 radical (unpaired) electrons. The van der Waals surface area contributed by atoms with Crippen molar-refractivity contribution in [1.29, 1.82) is 0 Å². The Morgan fingerprint density at radius 3 is 2.23 bits per heavy atom. The number of rotatable bonds is 17. The Labute approximate surface area is 179 Å². The first-order valence-corrected chi connectivity index (χ1v) is 10.3. The van der Waals surface area contributed by atoms with Crippen LogP contribution < -0.4 is 10.2 Å². The highest BCUT2D eigenvalue weighted by Crippen LogP contribution is 2.33. The third kappa shape index (κ3) is 7.67. The maximum Gasteiger partial charge on any atom is 0.133 e. The van der Waals surface area contributed by atoms with Gasteiger partial charge in [-0.1, -0.05) is 0 Å². The van der Waals surface area contributed by atoms with Gasteiger partial charge in [0.15, 0.2) is 0 Å². The molecule has 0 amide bonds. The second kappa shape index (κ2) is 14.1. The number of aromatic nitrogens is 1. The van der Waals surface area contributed by atoms with Crippen molar-refractivity contribution >= 4 is 12.0 Å². The molecule has 0 spiro atoms. The number of aldehydes is 1. The maximum absolute atomic E-state index is 11.6. The van der Waals surface area contributed by atoms with Crippen molar-refractivity contribution in [3.8, 4) is 12.3 Å². The van der Waals surface area contributed by atoms with E-state index in [1.54, 1.807) is 6.20 Å². The summed E-state index contributed by atoms with van der Waals surface area (Å²) in [6.45, 7) is 6.32. The van der Waals surface area contributed by atoms with Crippen molar-refractivity contribution in [2.75, 3.05) is 84.4 Å². The van der Waals surface area contributed by atoms with Gasteiger partial charge in [0.25, 0.3) is 0 Å². The number of ether oxygens (including phenoxy) is 4. The molecule has 30 heavy (non-hydrogen) atoms. The molecule has 1 saturated heterocycles. The van der Waals surface area contributed by atoms with E-state index in [1.807, 2.05) is 19.3 Å². The van der Waals surface area contributed by atoms with Gasteiger partial charge in [0.05, 0.1) is 70.2 Å². The van der Waals surface area contributed by atoms with E-state index < -0.39 is 5.41 Å². The molecule has 1 aromatic heterocycles. The smallest absolute Gasteiger partial charge is 0.133 e. The van der Waals surface area contributed by atoms with E-state index >= 15 is 0 Å². The van der Waals surface area contributed by atoms with Gasteiger partial charge in [-0.2, -0.15) is 0 Å². The first-order valence-electron chi connectivity index (χ1n) is 10.3. The molecular weight excluding hydrogens is 386 g/mol. The molecule has 1 aromatic rings. The molecule has 0 bridgehead atoms. The lowest BCUT2D eigenvalue weighted by Gasteiger charge is -2.40. The highest BCUT2D eigenvalue weighted by atomic mass is 16.6. The first kappa shape index (κ1) is 24.3. The third-order valence-electron chi connectivity index (χ3n) is 4.93. The molecule has 1 aliphatic rings. The molecule has 1 fully saturated rings. The molecule has 1 aliphatic heterocycles. The summed E-state index contributed by atoms with van der Waals surface area (Å²) < 4.78 is 21.8. The Hall–Kier alpha value is -2.02. The molecule has 0 saturated carbocycles. The minimum atomic E-state index is -0.447. The molecule has 8 nitrogen and oxygen atoms in total. The lowest BCUT2D eigenvalue weighted by molar-refractivity contribution is -0.114. The van der Waals surface area contributed by atoms with Gasteiger partial charge in [0.1, 0.15) is 6.29 Å². The molecule has 8 heteroatoms. The van der Waals surface area contributed by atoms with Gasteiger partial charge < -0.3 is 34.0 Å². The predicted molar refractivity (Wildman–Crippen MR) is 115 cm³/mol. The predicted octanol–water partition coefficient (Wildman–Crippen LogP) is 0.647. The van der Waals surface area contributed by atoms with Crippen LogP contribution in [0, 0.1) is 12.3 Å². The lowest BCUT2D eigenvalue weighted by atomic mass is 9.76. The average molecular weight is 420 g/mol. The summed E-state index contributed by atoms with van der Waals surface area (Å²) in [5.41, 5.74) is 1.53. The molecule has 0 unspecified atom stereocenters. The highest BCUT2D eigenvalue weighted by Gasteiger charge is 2.40. The number of nitrogens with zero attached hydrogens (tertiary/aromatic N) is 2. The normalized spacial score (nSPS) is 14.7. The van der Waals surface area contributed by atoms with E-state index in [2.05, 4.69) is 21.1 Å². The number of carbonyl (C=O) groups excluding carboxylic acids is 1. The Morgan fingerprint density at radius 1 is 1.10 bits per heavy atom. The number of hydrogen-bond donors (Lipinski definition) is 1. The van der Waals surface area contributed by atoms with E-state index in [9.17, 15) is 4.79 Å². The number of terminal acetylenes is 1. The fourth-order valence-corrected chi connectivity index (χ4v) is 3.06. The SMILES string of the molecule is C#CCCOCCOCCOCCOCCN(C)c1cnccc1C1(C=O)CNC1. The minimum absolute atomic E-state index is 0.447. The van der Waals surface area contributed by atoms with Crippen LogP contribution in [0.15, 0.2) is 18.5 Å². The van der Waals surface area contributed by atoms with Crippen LogP contribution >= 0.6 is 0 Å². The zero-order valence-corrected chi connectivity index (χ0v) is 17.8. The standard InChI is InChI=1S/C22H33N3O5/c1-3-4-8-27-10-12-29-14-15-30-13-11-28-9-7-25(2)21-16-23-6-5-20(21)22(19-26)17-24-18-22/h1,5-6,16,19,24H,4,7-15,17-18H2,2H3. The average Bonchev–Trinajstić information content (AvgIpc) is 2.74. The number of nitrogens with one attached hydrogen (secondary N) is 1. The fourth-order valence-electron chi connectivity index (χ4n) is 3.06. The van der Waals surface area contributed by atoms with Gasteiger partial charge in [-0.15, -0.1) is 12.3 Å². The quantitative estimate of drug-likeness (QED) is 0.224. The summed E-state index contributed by atoms with van der Waals surface area (Å²) in [7, 11) is 1.98. The van der Waals surface area contributed by atoms with Gasteiger partial charge >= 0.3 is 0 Å². The maximum atomic E-state index is 11.6. The van der Waals surface area contributed by atoms with E-state index in [0.717, 1.165) is 17.5 Å². The van der Waals surface area contributed by atoms with Crippen molar-refractivity contribution in [3.63, 3.8) is 0 Å². The van der Waals surface area contributed by atoms with Crippen molar-refractivity contribution in [1.82, 2.24) is 10.3 Å². The number of hydrogen-bond acceptors (Lipinski definition) is 8. The summed E-state index contributed by atoms with van der Waals surface area (Å²) in [5, 5.41) is 3.19. The van der Waals surface area contributed by atoms with Crippen LogP contribution in [0.25, 0.3) is 0 Å². The molecule has 2 heterocycles. The van der Waals surface area contributed by atoms with Crippen molar-refractivity contribution in [3.05, 3.63) is 24.0 Å². The monoisotopic (exact) mass is 419 g/mol. The first-order chi connectivity index (χ1) is 14.7. The van der Waals surface area contributed by atoms with Gasteiger partial charge in [-0.3, -0.25) is 4.98 Å². The van der Waals surface area contributed by atoms with Gasteiger partial charge in [-0.25, -0.2) is 0 Å². The number of pyridine rings is 1. The van der Waals surface area contributed by atoms with E-state index in [4.69, 9.17) is 25.4 Å². The Morgan fingerprint density at radius 2 is 1.70 bits per heavy atom. The summed E-state index contributed by atoms with van der Waals surface area (Å²) in [5.74, 6) is 2.52. The van der Waals surface area contributed by atoms with E-state index in [0.29, 0.717) is 78.9 Å². The molecule has 0 aliphatic carbocycles. The molecule has 1 N–H and O–H groups in total. The van der Waals surface area contributed by atoms with Crippen LogP contribution in [0.4, 0.5) is 5.69 Å². The zero-order valence-electron chi connectivity index (χ0n) is 17.8. The number of likely N-dealkylation sites (N-methyl/N-ethyl adjacent to an activating group) is 1. The van der Waals surface area contributed by atoms with Crippen LogP contribution in [0.3, 0.4) is 0 Å². The highest BCUT2D eigenvalue weighted by molar-refractivity contribution is 5.76. The molecule has 0 aromatic carbocycles. The Balaban J connectivity index is 1.52. The number of anilines is 1. The van der Waals surface area contributed by atoms with Gasteiger partial charge in [0, 0.05) is 39.3 Å². The molecular formula is C22H33N3O5. The van der Waals surface area contributed by atoms with Crippen molar-refractivity contribution in [2.24, 2.45) is 0 Å². The van der Waals surface area contributed by atoms with Crippen molar-refractivity contribution in [2.45, 2.75) is 11.8 Å². The van der Waals surface area contributed by atoms with Crippen LogP contribution in [-0.2, 0) is 29.2 Å². The third-order valence-corrected chi connectivity index (χ3v) is 4.93. The van der Waals surface area contributed by atoms with Crippen LogP contribution in [0.5, 0.6) is 0 Å². The Bertz CT molecular complexity index is 660. The summed E-state index contributed by atoms with van der Waals surface area (Å²) >= 11 is 0. The fraction of sp³-hybridized carbons (Fsp3) is 0.636. The van der Waals surface area contributed by atoms with E-state index in [1.165, 1.54) is 0 Å². The second-order valence-electron chi connectivity index (χ2n) is 7.10. The van der Waals surface area contributed by atoms with E-state index in [-0.39, 0.29) is 0 Å². The Kier molecular flexibility index (Phi) is 11.4. The summed E-state index contributed by atoms with van der Waals surface area (Å²) in [6, 6.07) is 1.93. The van der Waals surface area contributed by atoms with Crippen molar-refractivity contribution < 1.29 is 23.7 Å². The molecule has 0 atom stereocenters. The van der Waals surface area contributed by atoms with Gasteiger partial charge in [-0.05, 0) is 11.6 Å². The zero-order chi connectivity index (χ0) is 21.5. The number of carbonyl (C=O) groups is 1.